The number of aromatic nitrogens is 2. The SMILES string of the molecule is O=CNC1(C(=S)NC2C(=O)N3C(C(=O)O)=C(CSc4nncs4)CS[C@@H]23)C#C1. The third-order valence-corrected chi connectivity index (χ3v) is 7.95. The minimum atomic E-state index is -1.14. The van der Waals surface area contributed by atoms with E-state index in [1.54, 1.807) is 5.51 Å². The predicted octanol–water partition coefficient (Wildman–Crippen LogP) is -0.329. The number of rotatable bonds is 8. The molecule has 9 nitrogen and oxygen atoms in total. The first-order valence-electron chi connectivity index (χ1n) is 7.82. The van der Waals surface area contributed by atoms with Gasteiger partial charge in [0.05, 0.1) is 0 Å². The van der Waals surface area contributed by atoms with E-state index in [9.17, 15) is 19.5 Å². The highest BCUT2D eigenvalue weighted by Gasteiger charge is 2.55. The van der Waals surface area contributed by atoms with Crippen molar-refractivity contribution in [3.63, 3.8) is 0 Å². The Morgan fingerprint density at radius 3 is 2.96 bits per heavy atom. The molecule has 1 aromatic heterocycles. The zero-order valence-corrected chi connectivity index (χ0v) is 17.1. The second-order valence-corrected chi connectivity index (χ2v) is 9.44. The first-order valence-corrected chi connectivity index (χ1v) is 11.1. The summed E-state index contributed by atoms with van der Waals surface area (Å²) in [5.41, 5.74) is 1.21. The van der Waals surface area contributed by atoms with E-state index < -0.39 is 17.6 Å². The Morgan fingerprint density at radius 2 is 2.36 bits per heavy atom. The molecule has 28 heavy (non-hydrogen) atoms. The van der Waals surface area contributed by atoms with E-state index >= 15 is 0 Å². The molecule has 0 saturated carbocycles. The van der Waals surface area contributed by atoms with Gasteiger partial charge in [-0.15, -0.1) is 22.0 Å². The lowest BCUT2D eigenvalue weighted by Crippen LogP contribution is -2.71. The average Bonchev–Trinajstić information content (AvgIpc) is 3.27. The number of thiocarbonyl (C=S) groups is 1. The molecule has 1 saturated heterocycles. The van der Waals surface area contributed by atoms with Gasteiger partial charge in [-0.1, -0.05) is 47.2 Å². The van der Waals surface area contributed by atoms with Gasteiger partial charge < -0.3 is 15.7 Å². The predicted molar refractivity (Wildman–Crippen MR) is 108 cm³/mol. The van der Waals surface area contributed by atoms with E-state index in [0.29, 0.717) is 23.5 Å². The minimum absolute atomic E-state index is 0.0122. The quantitative estimate of drug-likeness (QED) is 0.158. The van der Waals surface area contributed by atoms with Crippen molar-refractivity contribution in [3.05, 3.63) is 16.8 Å². The number of carbonyl (C=O) groups excluding carboxylic acids is 2. The minimum Gasteiger partial charge on any atom is -0.477 e. The highest BCUT2D eigenvalue weighted by Crippen LogP contribution is 2.42. The van der Waals surface area contributed by atoms with Crippen LogP contribution in [-0.2, 0) is 14.4 Å². The molecule has 13 heteroatoms. The van der Waals surface area contributed by atoms with Gasteiger partial charge in [0.15, 0.2) is 4.34 Å². The second kappa shape index (κ2) is 7.36. The summed E-state index contributed by atoms with van der Waals surface area (Å²) in [4.78, 5) is 36.7. The maximum absolute atomic E-state index is 12.7. The lowest BCUT2D eigenvalue weighted by Gasteiger charge is -2.50. The Bertz CT molecular complexity index is 959. The lowest BCUT2D eigenvalue weighted by molar-refractivity contribution is -0.148. The normalized spacial score (nSPS) is 23.7. The number of fused-ring (bicyclic) bond motifs is 1. The van der Waals surface area contributed by atoms with E-state index in [4.69, 9.17) is 12.2 Å². The zero-order valence-electron chi connectivity index (χ0n) is 13.9. The summed E-state index contributed by atoms with van der Waals surface area (Å²) in [6.07, 6.45) is 0.485. The molecule has 144 valence electrons. The fourth-order valence-electron chi connectivity index (χ4n) is 2.82. The monoisotopic (exact) mass is 453 g/mol. The van der Waals surface area contributed by atoms with Crippen LogP contribution in [0.2, 0.25) is 0 Å². The van der Waals surface area contributed by atoms with E-state index in [1.807, 2.05) is 0 Å². The van der Waals surface area contributed by atoms with Crippen molar-refractivity contribution in [2.45, 2.75) is 21.3 Å². The van der Waals surface area contributed by atoms with Crippen molar-refractivity contribution in [3.8, 4) is 11.8 Å². The average molecular weight is 454 g/mol. The van der Waals surface area contributed by atoms with Crippen LogP contribution in [0.5, 0.6) is 0 Å². The number of carboxylic acid groups (broad SMARTS) is 1. The molecule has 3 aliphatic rings. The van der Waals surface area contributed by atoms with Crippen LogP contribution < -0.4 is 10.6 Å². The highest BCUT2D eigenvalue weighted by atomic mass is 32.2. The zero-order chi connectivity index (χ0) is 19.9. The molecule has 1 aromatic rings. The van der Waals surface area contributed by atoms with Crippen molar-refractivity contribution in [2.24, 2.45) is 0 Å². The molecule has 1 fully saturated rings. The molecule has 4 rings (SSSR count). The lowest BCUT2D eigenvalue weighted by atomic mass is 10.0. The molecule has 2 amide bonds. The summed E-state index contributed by atoms with van der Waals surface area (Å²) in [6, 6.07) is -0.668. The molecule has 1 unspecified atom stereocenters. The van der Waals surface area contributed by atoms with Gasteiger partial charge >= 0.3 is 5.97 Å². The molecule has 0 spiro atoms. The number of thioether (sulfide) groups is 2. The highest BCUT2D eigenvalue weighted by molar-refractivity contribution is 8.01. The van der Waals surface area contributed by atoms with Crippen LogP contribution >= 0.6 is 47.1 Å². The first kappa shape index (κ1) is 19.2. The van der Waals surface area contributed by atoms with Gasteiger partial charge in [0.1, 0.15) is 27.6 Å². The maximum Gasteiger partial charge on any atom is 0.352 e. The van der Waals surface area contributed by atoms with Crippen LogP contribution in [0, 0.1) is 11.8 Å². The molecule has 1 aliphatic carbocycles. The molecular formula is C15H11N5O4S4. The number of hydrogen-bond acceptors (Lipinski definition) is 9. The molecule has 0 radical (unpaired) electrons. The Labute approximate surface area is 176 Å². The maximum atomic E-state index is 12.7. The van der Waals surface area contributed by atoms with E-state index in [0.717, 1.165) is 4.34 Å². The summed E-state index contributed by atoms with van der Waals surface area (Å²) in [6.45, 7) is 0. The number of nitrogens with one attached hydrogen (secondary N) is 2. The second-order valence-electron chi connectivity index (χ2n) is 5.87. The summed E-state index contributed by atoms with van der Waals surface area (Å²) in [7, 11) is 0. The summed E-state index contributed by atoms with van der Waals surface area (Å²) >= 11 is 9.48. The number of β-lactam (4-membered cyclic amide) rings is 1. The Morgan fingerprint density at radius 1 is 1.57 bits per heavy atom. The van der Waals surface area contributed by atoms with Gasteiger partial charge in [-0.25, -0.2) is 4.79 Å². The van der Waals surface area contributed by atoms with Crippen molar-refractivity contribution < 1.29 is 19.5 Å². The van der Waals surface area contributed by atoms with Crippen molar-refractivity contribution >= 4 is 70.4 Å². The Balaban J connectivity index is 1.47. The number of hydrogen-bond donors (Lipinski definition) is 3. The van der Waals surface area contributed by atoms with Crippen LogP contribution in [0.4, 0.5) is 0 Å². The Hall–Kier alpha value is -2.14. The Kier molecular flexibility index (Phi) is 5.04. The number of nitrogens with zero attached hydrogens (tertiary/aromatic N) is 3. The van der Waals surface area contributed by atoms with Crippen molar-refractivity contribution in [1.29, 1.82) is 0 Å². The molecule has 0 aromatic carbocycles. The number of aliphatic carboxylic acids is 1. The number of carbonyl (C=O) groups is 3. The van der Waals surface area contributed by atoms with Crippen LogP contribution in [0.3, 0.4) is 0 Å². The van der Waals surface area contributed by atoms with Gasteiger partial charge in [-0.3, -0.25) is 14.5 Å². The van der Waals surface area contributed by atoms with E-state index in [-0.39, 0.29) is 22.0 Å². The van der Waals surface area contributed by atoms with Gasteiger partial charge in [0.25, 0.3) is 5.91 Å². The number of carboxylic acids is 1. The topological polar surface area (TPSA) is 125 Å². The third kappa shape index (κ3) is 3.26. The van der Waals surface area contributed by atoms with Crippen LogP contribution in [-0.4, -0.2) is 71.9 Å². The van der Waals surface area contributed by atoms with Gasteiger partial charge in [0, 0.05) is 11.5 Å². The first-order chi connectivity index (χ1) is 13.5. The number of amides is 2. The summed E-state index contributed by atoms with van der Waals surface area (Å²) in [5, 5.41) is 22.4. The van der Waals surface area contributed by atoms with Gasteiger partial charge in [-0.05, 0) is 5.57 Å². The van der Waals surface area contributed by atoms with Crippen molar-refractivity contribution in [2.75, 3.05) is 11.5 Å². The largest absolute Gasteiger partial charge is 0.477 e. The fraction of sp³-hybridized carbons (Fsp3) is 0.333. The van der Waals surface area contributed by atoms with Crippen LogP contribution in [0.15, 0.2) is 21.1 Å². The van der Waals surface area contributed by atoms with E-state index in [2.05, 4.69) is 32.7 Å². The standard InChI is InChI=1S/C15H11N5O4S4/c21-5-16-15(1-2-15)13(25)18-8-10(22)20-9(12(23)24)7(3-26-11(8)20)4-27-14-19-17-6-28-14/h5-6,8,11H,3-4H2,(H,16,21)(H,18,25)(H,23,24)/t8?,11-/m0/s1. The molecule has 0 bridgehead atoms. The third-order valence-electron chi connectivity index (χ3n) is 4.24. The molecular weight excluding hydrogens is 442 g/mol. The van der Waals surface area contributed by atoms with Crippen molar-refractivity contribution in [1.82, 2.24) is 25.7 Å². The van der Waals surface area contributed by atoms with Crippen LogP contribution in [0.1, 0.15) is 0 Å². The molecule has 2 atom stereocenters. The van der Waals surface area contributed by atoms with Gasteiger partial charge in [0.2, 0.25) is 11.9 Å². The van der Waals surface area contributed by atoms with Gasteiger partial charge in [-0.2, -0.15) is 0 Å². The van der Waals surface area contributed by atoms with E-state index in [1.165, 1.54) is 39.8 Å². The molecule has 3 heterocycles. The van der Waals surface area contributed by atoms with Crippen LogP contribution in [0.25, 0.3) is 0 Å². The summed E-state index contributed by atoms with van der Waals surface area (Å²) < 4.78 is 0.738. The molecule has 3 N–H and O–H groups in total. The fourth-order valence-corrected chi connectivity index (χ4v) is 6.08. The smallest absolute Gasteiger partial charge is 0.352 e. The molecule has 2 aliphatic heterocycles. The summed E-state index contributed by atoms with van der Waals surface area (Å²) in [5.74, 6) is 4.79.